The van der Waals surface area contributed by atoms with Crippen molar-refractivity contribution >= 4 is 5.84 Å². The predicted octanol–water partition coefficient (Wildman–Crippen LogP) is 3.57. The molecule has 0 aliphatic rings. The molecule has 2 nitrogen and oxygen atoms in total. The third-order valence-corrected chi connectivity index (χ3v) is 3.30. The molecule has 0 bridgehead atoms. The Morgan fingerprint density at radius 2 is 1.94 bits per heavy atom. The molecule has 1 aromatic rings. The highest BCUT2D eigenvalue weighted by atomic mass is 15.1. The summed E-state index contributed by atoms with van der Waals surface area (Å²) in [6, 6.07) is 10.6. The number of nitrogens with one attached hydrogen (secondary N) is 1. The molecular weight excluding hydrogens is 208 g/mol. The molecule has 0 aromatic heterocycles. The van der Waals surface area contributed by atoms with Crippen molar-refractivity contribution in [1.29, 1.82) is 5.41 Å². The van der Waals surface area contributed by atoms with Gasteiger partial charge < -0.3 is 4.90 Å². The first-order valence-electron chi connectivity index (χ1n) is 6.48. The van der Waals surface area contributed by atoms with Crippen molar-refractivity contribution in [1.82, 2.24) is 4.90 Å². The minimum absolute atomic E-state index is 0.365. The SMILES string of the molecule is CCN(C)C(=N)[C@H](C)CCCc1ccccc1. The van der Waals surface area contributed by atoms with Crippen molar-refractivity contribution in [3.8, 4) is 0 Å². The minimum Gasteiger partial charge on any atom is -0.364 e. The molecule has 0 saturated heterocycles. The number of rotatable bonds is 6. The second-order valence-electron chi connectivity index (χ2n) is 4.68. The topological polar surface area (TPSA) is 27.1 Å². The quantitative estimate of drug-likeness (QED) is 0.589. The number of hydrogen-bond donors (Lipinski definition) is 1. The van der Waals surface area contributed by atoms with Crippen LogP contribution in [-0.4, -0.2) is 24.3 Å². The van der Waals surface area contributed by atoms with Crippen molar-refractivity contribution in [2.24, 2.45) is 5.92 Å². The highest BCUT2D eigenvalue weighted by molar-refractivity contribution is 5.80. The Bertz CT molecular complexity index is 332. The highest BCUT2D eigenvalue weighted by Crippen LogP contribution is 2.12. The van der Waals surface area contributed by atoms with Gasteiger partial charge in [0.1, 0.15) is 0 Å². The first-order valence-corrected chi connectivity index (χ1v) is 6.48. The zero-order valence-electron chi connectivity index (χ0n) is 11.2. The summed E-state index contributed by atoms with van der Waals surface area (Å²) in [4.78, 5) is 2.02. The van der Waals surface area contributed by atoms with Crippen molar-refractivity contribution in [3.05, 3.63) is 35.9 Å². The summed E-state index contributed by atoms with van der Waals surface area (Å²) in [6.07, 6.45) is 3.37. The van der Waals surface area contributed by atoms with Crippen LogP contribution in [0.15, 0.2) is 30.3 Å². The van der Waals surface area contributed by atoms with Crippen LogP contribution in [0, 0.1) is 11.3 Å². The van der Waals surface area contributed by atoms with Gasteiger partial charge in [-0.15, -0.1) is 0 Å². The minimum atomic E-state index is 0.365. The van der Waals surface area contributed by atoms with E-state index in [2.05, 4.69) is 44.2 Å². The van der Waals surface area contributed by atoms with Gasteiger partial charge >= 0.3 is 0 Å². The molecule has 0 radical (unpaired) electrons. The number of aryl methyl sites for hydroxylation is 1. The summed E-state index contributed by atoms with van der Waals surface area (Å²) in [5.74, 6) is 1.13. The van der Waals surface area contributed by atoms with Gasteiger partial charge in [-0.25, -0.2) is 0 Å². The fourth-order valence-electron chi connectivity index (χ4n) is 1.94. The van der Waals surface area contributed by atoms with Crippen LogP contribution in [0.4, 0.5) is 0 Å². The molecule has 1 aromatic carbocycles. The molecule has 0 spiro atoms. The third kappa shape index (κ3) is 4.59. The van der Waals surface area contributed by atoms with Gasteiger partial charge in [0.2, 0.25) is 0 Å². The standard InChI is InChI=1S/C15H24N2/c1-4-17(3)15(16)13(2)9-8-12-14-10-6-5-7-11-14/h5-7,10-11,13,16H,4,8-9,12H2,1-3H3/t13-/m1/s1. The van der Waals surface area contributed by atoms with Crippen LogP contribution in [0.2, 0.25) is 0 Å². The van der Waals surface area contributed by atoms with Gasteiger partial charge in [0.05, 0.1) is 5.84 Å². The smallest absolute Gasteiger partial charge is 0.0983 e. The maximum Gasteiger partial charge on any atom is 0.0983 e. The Hall–Kier alpha value is -1.31. The van der Waals surface area contributed by atoms with Gasteiger partial charge in [0.25, 0.3) is 0 Å². The van der Waals surface area contributed by atoms with Gasteiger partial charge in [0, 0.05) is 19.5 Å². The normalized spacial score (nSPS) is 12.2. The average Bonchev–Trinajstić information content (AvgIpc) is 2.38. The van der Waals surface area contributed by atoms with Crippen LogP contribution in [-0.2, 0) is 6.42 Å². The Kier molecular flexibility index (Phi) is 5.75. The average molecular weight is 232 g/mol. The molecule has 17 heavy (non-hydrogen) atoms. The molecule has 1 N–H and O–H groups in total. The Labute approximate surface area is 105 Å². The molecule has 0 amide bonds. The van der Waals surface area contributed by atoms with Crippen molar-refractivity contribution in [2.75, 3.05) is 13.6 Å². The number of benzene rings is 1. The highest BCUT2D eigenvalue weighted by Gasteiger charge is 2.11. The maximum absolute atomic E-state index is 8.01. The molecule has 0 heterocycles. The summed E-state index contributed by atoms with van der Waals surface area (Å²) in [5.41, 5.74) is 1.40. The molecule has 0 aliphatic carbocycles. The van der Waals surface area contributed by atoms with E-state index in [-0.39, 0.29) is 0 Å². The zero-order valence-corrected chi connectivity index (χ0v) is 11.2. The molecule has 1 atom stereocenters. The number of nitrogens with zero attached hydrogens (tertiary/aromatic N) is 1. The molecule has 0 saturated carbocycles. The molecule has 94 valence electrons. The van der Waals surface area contributed by atoms with E-state index < -0.39 is 0 Å². The zero-order chi connectivity index (χ0) is 12.7. The second kappa shape index (κ2) is 7.10. The first kappa shape index (κ1) is 13.8. The van der Waals surface area contributed by atoms with Crippen LogP contribution in [0.3, 0.4) is 0 Å². The van der Waals surface area contributed by atoms with E-state index in [0.29, 0.717) is 5.92 Å². The third-order valence-electron chi connectivity index (χ3n) is 3.30. The Morgan fingerprint density at radius 3 is 2.53 bits per heavy atom. The molecule has 0 unspecified atom stereocenters. The maximum atomic E-state index is 8.01. The second-order valence-corrected chi connectivity index (χ2v) is 4.68. The summed E-state index contributed by atoms with van der Waals surface area (Å²) in [6.45, 7) is 5.16. The molecular formula is C15H24N2. The van der Waals surface area contributed by atoms with Gasteiger partial charge in [-0.05, 0) is 31.7 Å². The molecule has 0 fully saturated rings. The number of hydrogen-bond acceptors (Lipinski definition) is 1. The Balaban J connectivity index is 2.29. The lowest BCUT2D eigenvalue weighted by Gasteiger charge is -2.22. The van der Waals surface area contributed by atoms with Crippen LogP contribution in [0.25, 0.3) is 0 Å². The van der Waals surface area contributed by atoms with Gasteiger partial charge in [-0.2, -0.15) is 0 Å². The lowest BCUT2D eigenvalue weighted by Crippen LogP contribution is -2.30. The van der Waals surface area contributed by atoms with E-state index in [1.807, 2.05) is 11.9 Å². The van der Waals surface area contributed by atoms with Gasteiger partial charge in [-0.1, -0.05) is 37.3 Å². The fourth-order valence-corrected chi connectivity index (χ4v) is 1.94. The van der Waals surface area contributed by atoms with Crippen molar-refractivity contribution < 1.29 is 0 Å². The summed E-state index contributed by atoms with van der Waals surface area (Å²) < 4.78 is 0. The Morgan fingerprint density at radius 1 is 1.29 bits per heavy atom. The molecule has 1 rings (SSSR count). The van der Waals surface area contributed by atoms with E-state index in [4.69, 9.17) is 5.41 Å². The monoisotopic (exact) mass is 232 g/mol. The van der Waals surface area contributed by atoms with Crippen molar-refractivity contribution in [3.63, 3.8) is 0 Å². The fraction of sp³-hybridized carbons (Fsp3) is 0.533. The summed E-state index contributed by atoms with van der Waals surface area (Å²) >= 11 is 0. The van der Waals surface area contributed by atoms with E-state index in [1.54, 1.807) is 0 Å². The van der Waals surface area contributed by atoms with E-state index in [0.717, 1.165) is 31.6 Å². The first-order chi connectivity index (χ1) is 8.15. The van der Waals surface area contributed by atoms with E-state index in [9.17, 15) is 0 Å². The predicted molar refractivity (Wildman–Crippen MR) is 74.6 cm³/mol. The molecule has 2 heteroatoms. The lowest BCUT2D eigenvalue weighted by atomic mass is 9.99. The summed E-state index contributed by atoms with van der Waals surface area (Å²) in [5, 5.41) is 8.01. The van der Waals surface area contributed by atoms with E-state index in [1.165, 1.54) is 5.56 Å². The number of amidine groups is 1. The van der Waals surface area contributed by atoms with Crippen LogP contribution in [0.1, 0.15) is 32.3 Å². The van der Waals surface area contributed by atoms with Crippen molar-refractivity contribution in [2.45, 2.75) is 33.1 Å². The van der Waals surface area contributed by atoms with Gasteiger partial charge in [0.15, 0.2) is 0 Å². The van der Waals surface area contributed by atoms with Crippen LogP contribution >= 0.6 is 0 Å². The lowest BCUT2D eigenvalue weighted by molar-refractivity contribution is 0.475. The van der Waals surface area contributed by atoms with Crippen LogP contribution < -0.4 is 0 Å². The summed E-state index contributed by atoms with van der Waals surface area (Å²) in [7, 11) is 2.00. The van der Waals surface area contributed by atoms with Gasteiger partial charge in [-0.3, -0.25) is 5.41 Å². The molecule has 0 aliphatic heterocycles. The van der Waals surface area contributed by atoms with Crippen LogP contribution in [0.5, 0.6) is 0 Å². The largest absolute Gasteiger partial charge is 0.364 e. The van der Waals surface area contributed by atoms with E-state index >= 15 is 0 Å².